The van der Waals surface area contributed by atoms with Crippen molar-refractivity contribution in [1.82, 2.24) is 29.5 Å². The monoisotopic (exact) mass is 465 g/mol. The van der Waals surface area contributed by atoms with Crippen molar-refractivity contribution >= 4 is 11.5 Å². The van der Waals surface area contributed by atoms with Crippen LogP contribution in [0.4, 0.5) is 14.6 Å². The Hall–Kier alpha value is -3.53. The maximum Gasteiger partial charge on any atom is 0.279 e. The topological polar surface area (TPSA) is 81.3 Å². The maximum absolute atomic E-state index is 14.3. The highest BCUT2D eigenvalue weighted by atomic mass is 19.3. The van der Waals surface area contributed by atoms with E-state index in [4.69, 9.17) is 4.74 Å². The molecule has 34 heavy (non-hydrogen) atoms. The number of anilines is 1. The summed E-state index contributed by atoms with van der Waals surface area (Å²) in [6.45, 7) is 0.210. The van der Waals surface area contributed by atoms with Crippen molar-refractivity contribution in [2.45, 2.75) is 37.3 Å². The SMILES string of the molecule is COc1cc2ncc(-c3cccc(N[C@@H]4CCNCC4(F)F)n3)n2cc1-c1cnn(C2CC2)c1. The molecule has 0 unspecified atom stereocenters. The molecular weight excluding hydrogens is 440 g/mol. The van der Waals surface area contributed by atoms with E-state index in [0.29, 0.717) is 41.9 Å². The molecule has 0 aromatic carbocycles. The molecule has 1 aliphatic heterocycles. The summed E-state index contributed by atoms with van der Waals surface area (Å²) in [5, 5.41) is 10.2. The summed E-state index contributed by atoms with van der Waals surface area (Å²) in [6, 6.07) is 6.78. The second-order valence-electron chi connectivity index (χ2n) is 8.90. The summed E-state index contributed by atoms with van der Waals surface area (Å²) in [4.78, 5) is 9.16. The van der Waals surface area contributed by atoms with Crippen LogP contribution in [0.2, 0.25) is 0 Å². The van der Waals surface area contributed by atoms with Gasteiger partial charge in [-0.25, -0.2) is 18.7 Å². The smallest absolute Gasteiger partial charge is 0.279 e. The van der Waals surface area contributed by atoms with Crippen molar-refractivity contribution in [3.63, 3.8) is 0 Å². The largest absolute Gasteiger partial charge is 0.496 e. The number of methoxy groups -OCH3 is 1. The van der Waals surface area contributed by atoms with Crippen LogP contribution in [-0.2, 0) is 0 Å². The van der Waals surface area contributed by atoms with Gasteiger partial charge >= 0.3 is 0 Å². The second-order valence-corrected chi connectivity index (χ2v) is 8.90. The van der Waals surface area contributed by atoms with E-state index in [1.54, 1.807) is 19.4 Å². The predicted molar refractivity (Wildman–Crippen MR) is 124 cm³/mol. The number of rotatable bonds is 6. The highest BCUT2D eigenvalue weighted by Crippen LogP contribution is 2.37. The molecule has 8 nitrogen and oxygen atoms in total. The maximum atomic E-state index is 14.3. The number of aromatic nitrogens is 5. The number of ether oxygens (including phenoxy) is 1. The molecule has 1 saturated carbocycles. The zero-order valence-electron chi connectivity index (χ0n) is 18.7. The van der Waals surface area contributed by atoms with Gasteiger partial charge in [-0.1, -0.05) is 6.07 Å². The van der Waals surface area contributed by atoms with Crippen LogP contribution < -0.4 is 15.4 Å². The van der Waals surface area contributed by atoms with Gasteiger partial charge in [-0.3, -0.25) is 9.08 Å². The molecule has 6 rings (SSSR count). The number of imidazole rings is 1. The zero-order chi connectivity index (χ0) is 23.3. The highest BCUT2D eigenvalue weighted by molar-refractivity contribution is 5.73. The van der Waals surface area contributed by atoms with E-state index < -0.39 is 12.0 Å². The molecule has 2 aliphatic rings. The predicted octanol–water partition coefficient (Wildman–Crippen LogP) is 4.01. The minimum absolute atomic E-state index is 0.326. The normalized spacial score (nSPS) is 19.9. The Kier molecular flexibility index (Phi) is 4.98. The molecule has 0 spiro atoms. The number of nitrogens with one attached hydrogen (secondary N) is 2. The van der Waals surface area contributed by atoms with E-state index in [-0.39, 0.29) is 6.54 Å². The number of pyridine rings is 2. The third-order valence-corrected chi connectivity index (χ3v) is 6.48. The van der Waals surface area contributed by atoms with Gasteiger partial charge in [-0.2, -0.15) is 5.10 Å². The minimum Gasteiger partial charge on any atom is -0.496 e. The Balaban J connectivity index is 1.36. The van der Waals surface area contributed by atoms with Crippen LogP contribution in [0.15, 0.2) is 49.1 Å². The standard InChI is InChI=1S/C24H25F2N7O/c1-34-20-9-23-28-11-19(32(23)13-17(20)15-10-29-33(12-15)16-5-6-16)18-3-2-4-22(30-18)31-21-7-8-27-14-24(21,25)26/h2-4,9-13,16,21,27H,5-8,14H2,1H3,(H,30,31)/t21-/m1/s1. The summed E-state index contributed by atoms with van der Waals surface area (Å²) in [5.41, 5.74) is 3.95. The quantitative estimate of drug-likeness (QED) is 0.448. The van der Waals surface area contributed by atoms with Gasteiger partial charge < -0.3 is 15.4 Å². The average Bonchev–Trinajstić information content (AvgIpc) is 3.42. The lowest BCUT2D eigenvalue weighted by molar-refractivity contribution is -0.0322. The first-order chi connectivity index (χ1) is 16.5. The molecule has 1 aliphatic carbocycles. The molecule has 4 aromatic rings. The van der Waals surface area contributed by atoms with Crippen LogP contribution in [-0.4, -0.2) is 56.3 Å². The Morgan fingerprint density at radius 2 is 2.06 bits per heavy atom. The van der Waals surface area contributed by atoms with E-state index in [1.165, 1.54) is 0 Å². The van der Waals surface area contributed by atoms with Crippen LogP contribution in [0.5, 0.6) is 5.75 Å². The third kappa shape index (κ3) is 3.77. The summed E-state index contributed by atoms with van der Waals surface area (Å²) in [5.74, 6) is -1.72. The van der Waals surface area contributed by atoms with Crippen LogP contribution in [0.3, 0.4) is 0 Å². The fraction of sp³-hybridized carbons (Fsp3) is 0.375. The van der Waals surface area contributed by atoms with Crippen molar-refractivity contribution in [1.29, 1.82) is 0 Å². The van der Waals surface area contributed by atoms with E-state index in [0.717, 1.165) is 29.7 Å². The lowest BCUT2D eigenvalue weighted by Crippen LogP contribution is -2.52. The van der Waals surface area contributed by atoms with Gasteiger partial charge in [-0.05, 0) is 37.9 Å². The summed E-state index contributed by atoms with van der Waals surface area (Å²) >= 11 is 0. The third-order valence-electron chi connectivity index (χ3n) is 6.48. The lowest BCUT2D eigenvalue weighted by Gasteiger charge is -2.32. The van der Waals surface area contributed by atoms with Gasteiger partial charge in [0.05, 0.1) is 49.5 Å². The molecular formula is C24H25F2N7O. The van der Waals surface area contributed by atoms with Gasteiger partial charge in [0, 0.05) is 29.6 Å². The van der Waals surface area contributed by atoms with E-state index >= 15 is 0 Å². The van der Waals surface area contributed by atoms with Crippen molar-refractivity contribution < 1.29 is 13.5 Å². The second kappa shape index (κ2) is 8.05. The molecule has 5 heterocycles. The Bertz CT molecular complexity index is 1340. The fourth-order valence-corrected chi connectivity index (χ4v) is 4.45. The number of nitrogens with zero attached hydrogens (tertiary/aromatic N) is 5. The molecule has 4 aromatic heterocycles. The van der Waals surface area contributed by atoms with Crippen LogP contribution >= 0.6 is 0 Å². The first-order valence-electron chi connectivity index (χ1n) is 11.4. The molecule has 1 saturated heterocycles. The Labute approximate surface area is 195 Å². The first-order valence-corrected chi connectivity index (χ1v) is 11.4. The van der Waals surface area contributed by atoms with Crippen molar-refractivity contribution in [3.05, 3.63) is 49.1 Å². The van der Waals surface area contributed by atoms with Gasteiger partial charge in [0.1, 0.15) is 17.2 Å². The minimum atomic E-state index is -2.84. The van der Waals surface area contributed by atoms with E-state index in [2.05, 4.69) is 25.7 Å². The lowest BCUT2D eigenvalue weighted by atomic mass is 10.0. The number of halogens is 2. The summed E-state index contributed by atoms with van der Waals surface area (Å²) in [6.07, 6.45) is 10.2. The summed E-state index contributed by atoms with van der Waals surface area (Å²) < 4.78 is 38.1. The van der Waals surface area contributed by atoms with E-state index in [9.17, 15) is 8.78 Å². The molecule has 2 fully saturated rings. The van der Waals surface area contributed by atoms with Crippen molar-refractivity contribution in [2.75, 3.05) is 25.5 Å². The molecule has 176 valence electrons. The van der Waals surface area contributed by atoms with Gasteiger partial charge in [-0.15, -0.1) is 0 Å². The number of alkyl halides is 2. The molecule has 0 amide bonds. The summed E-state index contributed by atoms with van der Waals surface area (Å²) in [7, 11) is 1.64. The van der Waals surface area contributed by atoms with Gasteiger partial charge in [0.15, 0.2) is 0 Å². The number of hydrogen-bond acceptors (Lipinski definition) is 6. The average molecular weight is 466 g/mol. The molecule has 1 atom stereocenters. The van der Waals surface area contributed by atoms with E-state index in [1.807, 2.05) is 45.9 Å². The number of hydrogen-bond donors (Lipinski definition) is 2. The Morgan fingerprint density at radius 3 is 2.85 bits per heavy atom. The van der Waals surface area contributed by atoms with Crippen molar-refractivity contribution in [3.8, 4) is 28.3 Å². The molecule has 2 N–H and O–H groups in total. The molecule has 0 radical (unpaired) electrons. The number of piperidine rings is 1. The van der Waals surface area contributed by atoms with Gasteiger partial charge in [0.2, 0.25) is 0 Å². The number of fused-ring (bicyclic) bond motifs is 1. The first kappa shape index (κ1) is 21.0. The van der Waals surface area contributed by atoms with Gasteiger partial charge in [0.25, 0.3) is 5.92 Å². The fourth-order valence-electron chi connectivity index (χ4n) is 4.45. The molecule has 10 heteroatoms. The Morgan fingerprint density at radius 1 is 1.18 bits per heavy atom. The van der Waals surface area contributed by atoms with Crippen LogP contribution in [0.25, 0.3) is 28.2 Å². The molecule has 0 bridgehead atoms. The zero-order valence-corrected chi connectivity index (χ0v) is 18.7. The van der Waals surface area contributed by atoms with Crippen LogP contribution in [0.1, 0.15) is 25.3 Å². The van der Waals surface area contributed by atoms with Crippen LogP contribution in [0, 0.1) is 0 Å². The highest BCUT2D eigenvalue weighted by Gasteiger charge is 2.41. The van der Waals surface area contributed by atoms with Crippen molar-refractivity contribution in [2.24, 2.45) is 0 Å².